The Bertz CT molecular complexity index is 800. The molecule has 1 saturated heterocycles. The molecule has 7 nitrogen and oxygen atoms in total. The Hall–Kier alpha value is -1.46. The number of aryl methyl sites for hydroxylation is 2. The Balaban J connectivity index is 0.00000300. The van der Waals surface area contributed by atoms with E-state index in [-0.39, 0.29) is 36.2 Å². The SMILES string of the molecule is CN=C(NCc1ccc(N2CC(C)OC(C)C2)nc1)NCc1sc(C)nc1C.I. The summed E-state index contributed by atoms with van der Waals surface area (Å²) in [5.41, 5.74) is 2.20. The second-order valence-corrected chi connectivity index (χ2v) is 8.50. The van der Waals surface area contributed by atoms with Crippen molar-refractivity contribution in [2.45, 2.75) is 53.0 Å². The number of aliphatic imine (C=N–C) groups is 1. The lowest BCUT2D eigenvalue weighted by Crippen LogP contribution is -2.45. The molecule has 1 fully saturated rings. The van der Waals surface area contributed by atoms with E-state index in [4.69, 9.17) is 4.74 Å². The molecule has 0 bridgehead atoms. The first-order valence-corrected chi connectivity index (χ1v) is 10.5. The molecule has 1 aliphatic heterocycles. The molecule has 0 saturated carbocycles. The maximum Gasteiger partial charge on any atom is 0.191 e. The lowest BCUT2D eigenvalue weighted by Gasteiger charge is -2.36. The van der Waals surface area contributed by atoms with Crippen LogP contribution in [0.2, 0.25) is 0 Å². The van der Waals surface area contributed by atoms with Crippen molar-refractivity contribution in [3.05, 3.63) is 39.5 Å². The van der Waals surface area contributed by atoms with Gasteiger partial charge in [0.1, 0.15) is 5.82 Å². The van der Waals surface area contributed by atoms with Gasteiger partial charge >= 0.3 is 0 Å². The van der Waals surface area contributed by atoms with E-state index in [2.05, 4.69) is 56.5 Å². The first-order chi connectivity index (χ1) is 13.4. The zero-order chi connectivity index (χ0) is 20.1. The van der Waals surface area contributed by atoms with Gasteiger partial charge in [-0.15, -0.1) is 35.3 Å². The Morgan fingerprint density at radius 1 is 1.21 bits per heavy atom. The summed E-state index contributed by atoms with van der Waals surface area (Å²) in [7, 11) is 1.78. The number of nitrogens with one attached hydrogen (secondary N) is 2. The molecule has 0 aromatic carbocycles. The van der Waals surface area contributed by atoms with Crippen molar-refractivity contribution in [3.63, 3.8) is 0 Å². The summed E-state index contributed by atoms with van der Waals surface area (Å²) in [6.07, 6.45) is 2.39. The van der Waals surface area contributed by atoms with Crippen LogP contribution in [0.3, 0.4) is 0 Å². The summed E-state index contributed by atoms with van der Waals surface area (Å²) < 4.78 is 5.80. The molecule has 3 rings (SSSR count). The third kappa shape index (κ3) is 6.78. The fourth-order valence-corrected chi connectivity index (χ4v) is 4.26. The van der Waals surface area contributed by atoms with Gasteiger partial charge in [0, 0.05) is 37.8 Å². The second-order valence-electron chi connectivity index (χ2n) is 7.21. The number of nitrogens with zero attached hydrogens (tertiary/aromatic N) is 4. The second kappa shape index (κ2) is 11.1. The molecule has 0 spiro atoms. The first kappa shape index (κ1) is 23.8. The van der Waals surface area contributed by atoms with Crippen molar-refractivity contribution in [2.75, 3.05) is 25.0 Å². The molecule has 0 radical (unpaired) electrons. The number of pyridine rings is 1. The van der Waals surface area contributed by atoms with Crippen LogP contribution in [-0.2, 0) is 17.8 Å². The standard InChI is InChI=1S/C20H30N6OS.HI/c1-13-11-26(12-14(2)27-13)19-7-6-17(8-22-19)9-23-20(21-5)24-10-18-15(3)25-16(4)28-18;/h6-8,13-14H,9-12H2,1-5H3,(H2,21,23,24);1H. The van der Waals surface area contributed by atoms with Gasteiger partial charge in [-0.05, 0) is 39.3 Å². The highest BCUT2D eigenvalue weighted by atomic mass is 127. The number of anilines is 1. The van der Waals surface area contributed by atoms with Gasteiger partial charge in [0.25, 0.3) is 0 Å². The molecule has 1 aliphatic rings. The number of ether oxygens (including phenoxy) is 1. The van der Waals surface area contributed by atoms with Gasteiger partial charge < -0.3 is 20.3 Å². The molecule has 0 amide bonds. The molecule has 2 aromatic heterocycles. The van der Waals surface area contributed by atoms with Gasteiger partial charge in [0.15, 0.2) is 5.96 Å². The maximum absolute atomic E-state index is 5.80. The number of hydrogen-bond acceptors (Lipinski definition) is 6. The van der Waals surface area contributed by atoms with Crippen LogP contribution in [0, 0.1) is 13.8 Å². The van der Waals surface area contributed by atoms with Gasteiger partial charge in [-0.25, -0.2) is 9.97 Å². The molecule has 2 unspecified atom stereocenters. The number of halogens is 1. The minimum Gasteiger partial charge on any atom is -0.372 e. The molecule has 29 heavy (non-hydrogen) atoms. The van der Waals surface area contributed by atoms with Crippen LogP contribution in [0.1, 0.15) is 35.0 Å². The van der Waals surface area contributed by atoms with Crippen LogP contribution in [0.5, 0.6) is 0 Å². The van der Waals surface area contributed by atoms with E-state index in [1.54, 1.807) is 18.4 Å². The average Bonchev–Trinajstić information content (AvgIpc) is 2.99. The molecule has 9 heteroatoms. The van der Waals surface area contributed by atoms with Crippen molar-refractivity contribution < 1.29 is 4.74 Å². The zero-order valence-electron chi connectivity index (χ0n) is 17.7. The molecular formula is C20H31IN6OS. The minimum absolute atomic E-state index is 0. The molecule has 160 valence electrons. The Kier molecular flexibility index (Phi) is 9.09. The van der Waals surface area contributed by atoms with E-state index >= 15 is 0 Å². The number of rotatable bonds is 5. The third-order valence-electron chi connectivity index (χ3n) is 4.65. The predicted octanol–water partition coefficient (Wildman–Crippen LogP) is 3.25. The summed E-state index contributed by atoms with van der Waals surface area (Å²) in [6.45, 7) is 11.4. The Morgan fingerprint density at radius 2 is 1.90 bits per heavy atom. The lowest BCUT2D eigenvalue weighted by molar-refractivity contribution is -0.00545. The third-order valence-corrected chi connectivity index (χ3v) is 5.73. The van der Waals surface area contributed by atoms with E-state index in [0.717, 1.165) is 47.7 Å². The van der Waals surface area contributed by atoms with E-state index in [9.17, 15) is 0 Å². The van der Waals surface area contributed by atoms with Gasteiger partial charge in [0.2, 0.25) is 0 Å². The summed E-state index contributed by atoms with van der Waals surface area (Å²) in [5, 5.41) is 7.78. The smallest absolute Gasteiger partial charge is 0.191 e. The number of guanidine groups is 1. The molecule has 3 heterocycles. The van der Waals surface area contributed by atoms with Gasteiger partial charge in [0.05, 0.1) is 29.5 Å². The normalized spacial score (nSPS) is 19.6. The van der Waals surface area contributed by atoms with E-state index < -0.39 is 0 Å². The molecule has 2 N–H and O–H groups in total. The van der Waals surface area contributed by atoms with E-state index in [1.807, 2.05) is 20.0 Å². The van der Waals surface area contributed by atoms with E-state index in [1.165, 1.54) is 4.88 Å². The fraction of sp³-hybridized carbons (Fsp3) is 0.550. The van der Waals surface area contributed by atoms with Crippen LogP contribution < -0.4 is 15.5 Å². The summed E-state index contributed by atoms with van der Waals surface area (Å²) in [5.74, 6) is 1.77. The average molecular weight is 530 g/mol. The number of aromatic nitrogens is 2. The molecule has 2 aromatic rings. The number of hydrogen-bond donors (Lipinski definition) is 2. The quantitative estimate of drug-likeness (QED) is 0.351. The van der Waals surface area contributed by atoms with Crippen molar-refractivity contribution in [1.82, 2.24) is 20.6 Å². The maximum atomic E-state index is 5.80. The van der Waals surface area contributed by atoms with Crippen molar-refractivity contribution >= 4 is 47.1 Å². The van der Waals surface area contributed by atoms with Crippen molar-refractivity contribution in [3.8, 4) is 0 Å². The van der Waals surface area contributed by atoms with Crippen LogP contribution in [-0.4, -0.2) is 48.3 Å². The first-order valence-electron chi connectivity index (χ1n) is 9.67. The van der Waals surface area contributed by atoms with Crippen LogP contribution in [0.15, 0.2) is 23.3 Å². The summed E-state index contributed by atoms with van der Waals surface area (Å²) in [6, 6.07) is 4.20. The van der Waals surface area contributed by atoms with Gasteiger partial charge in [-0.3, -0.25) is 4.99 Å². The number of morpholine rings is 1. The van der Waals surface area contributed by atoms with Crippen molar-refractivity contribution in [2.24, 2.45) is 4.99 Å². The van der Waals surface area contributed by atoms with Crippen LogP contribution in [0.4, 0.5) is 5.82 Å². The van der Waals surface area contributed by atoms with Crippen LogP contribution >= 0.6 is 35.3 Å². The minimum atomic E-state index is 0. The Morgan fingerprint density at radius 3 is 2.45 bits per heavy atom. The van der Waals surface area contributed by atoms with Crippen LogP contribution in [0.25, 0.3) is 0 Å². The molecule has 2 atom stereocenters. The highest BCUT2D eigenvalue weighted by Crippen LogP contribution is 2.18. The topological polar surface area (TPSA) is 74.7 Å². The fourth-order valence-electron chi connectivity index (χ4n) is 3.38. The molecular weight excluding hydrogens is 499 g/mol. The molecule has 0 aliphatic carbocycles. The highest BCUT2D eigenvalue weighted by molar-refractivity contribution is 14.0. The monoisotopic (exact) mass is 530 g/mol. The summed E-state index contributed by atoms with van der Waals surface area (Å²) >= 11 is 1.72. The zero-order valence-corrected chi connectivity index (χ0v) is 20.9. The predicted molar refractivity (Wildman–Crippen MR) is 131 cm³/mol. The lowest BCUT2D eigenvalue weighted by atomic mass is 10.2. The highest BCUT2D eigenvalue weighted by Gasteiger charge is 2.22. The Labute approximate surface area is 194 Å². The van der Waals surface area contributed by atoms with Gasteiger partial charge in [-0.2, -0.15) is 0 Å². The van der Waals surface area contributed by atoms with E-state index in [0.29, 0.717) is 6.54 Å². The number of thiazole rings is 1. The summed E-state index contributed by atoms with van der Waals surface area (Å²) in [4.78, 5) is 16.9. The van der Waals surface area contributed by atoms with Gasteiger partial charge in [-0.1, -0.05) is 6.07 Å². The largest absolute Gasteiger partial charge is 0.372 e. The van der Waals surface area contributed by atoms with Crippen molar-refractivity contribution in [1.29, 1.82) is 0 Å².